The molecule has 3 nitrogen and oxygen atoms in total. The van der Waals surface area contributed by atoms with E-state index in [1.165, 1.54) is 0 Å². The Labute approximate surface area is 34.5 Å². The van der Waals surface area contributed by atoms with Gasteiger partial charge in [0.25, 0.3) is 0 Å². The number of hydrogen-bond donors (Lipinski definition) is 1. The first-order valence-corrected chi connectivity index (χ1v) is 3.11. The molecular formula is HClO3Si. The molecule has 0 radical (unpaired) electrons. The van der Waals surface area contributed by atoms with Gasteiger partial charge in [-0.3, -0.25) is 0 Å². The topological polar surface area (TPSA) is 46.5 Å². The molecule has 30 valence electrons. The van der Waals surface area contributed by atoms with E-state index in [2.05, 4.69) is 15.7 Å². The average molecular weight is 113 g/mol. The lowest BCUT2D eigenvalue weighted by Crippen LogP contribution is -1.89. The van der Waals surface area contributed by atoms with Crippen LogP contribution in [0.25, 0.3) is 0 Å². The lowest BCUT2D eigenvalue weighted by Gasteiger charge is -1.72. The van der Waals surface area contributed by atoms with Crippen LogP contribution in [0.3, 0.4) is 0 Å². The average Bonchev–Trinajstić information content (AvgIpc) is 1.38. The zero-order valence-corrected chi connectivity index (χ0v) is 3.90. The molecule has 0 aromatic heterocycles. The summed E-state index contributed by atoms with van der Waals surface area (Å²) in [4.78, 5) is 0. The van der Waals surface area contributed by atoms with Crippen molar-refractivity contribution in [3.8, 4) is 0 Å². The molecule has 0 aromatic rings. The van der Waals surface area contributed by atoms with Crippen molar-refractivity contribution in [3.05, 3.63) is 0 Å². The SMILES string of the molecule is O=[Si](Cl)OO. The molecule has 0 aromatic carbocycles. The van der Waals surface area contributed by atoms with Crippen molar-refractivity contribution in [2.45, 2.75) is 0 Å². The first-order chi connectivity index (χ1) is 2.27. The standard InChI is InChI=1S/ClHO3Si/c1-5(3)4-2/h2H. The Morgan fingerprint density at radius 1 is 2.00 bits per heavy atom. The fourth-order valence-corrected chi connectivity index (χ4v) is 0. The van der Waals surface area contributed by atoms with Crippen LogP contribution in [-0.4, -0.2) is 13.5 Å². The monoisotopic (exact) mass is 112 g/mol. The van der Waals surface area contributed by atoms with Crippen molar-refractivity contribution in [2.75, 3.05) is 0 Å². The third-order valence-electron chi connectivity index (χ3n) is 0.0718. The molecule has 5 heteroatoms. The van der Waals surface area contributed by atoms with Crippen LogP contribution in [0.4, 0.5) is 0 Å². The molecular weight excluding hydrogens is 112 g/mol. The van der Waals surface area contributed by atoms with Gasteiger partial charge in [0, 0.05) is 0 Å². The van der Waals surface area contributed by atoms with Crippen LogP contribution in [0.2, 0.25) is 0 Å². The van der Waals surface area contributed by atoms with Crippen LogP contribution in [0.15, 0.2) is 0 Å². The first-order valence-electron chi connectivity index (χ1n) is 0.780. The van der Waals surface area contributed by atoms with Crippen LogP contribution in [0.1, 0.15) is 0 Å². The maximum Gasteiger partial charge on any atom is 0.650 e. The molecule has 0 rings (SSSR count). The summed E-state index contributed by atoms with van der Waals surface area (Å²) >= 11 is 4.54. The Hall–Kier alpha value is 0.0669. The number of halogens is 1. The van der Waals surface area contributed by atoms with Gasteiger partial charge in [-0.1, -0.05) is 0 Å². The maximum absolute atomic E-state index is 9.29. The third-order valence-corrected chi connectivity index (χ3v) is 0.422. The number of hydrogen-bond acceptors (Lipinski definition) is 3. The van der Waals surface area contributed by atoms with Gasteiger partial charge in [-0.05, 0) is 11.1 Å². The molecule has 0 atom stereocenters. The smallest absolute Gasteiger partial charge is 0.350 e. The van der Waals surface area contributed by atoms with Gasteiger partial charge in [-0.15, -0.1) is 0 Å². The lowest BCUT2D eigenvalue weighted by molar-refractivity contribution is -0.143. The van der Waals surface area contributed by atoms with E-state index in [0.717, 1.165) is 0 Å². The minimum atomic E-state index is -2.60. The molecule has 0 spiro atoms. The molecule has 0 bridgehead atoms. The molecule has 0 saturated carbocycles. The Bertz CT molecular complexity index is 42.2. The van der Waals surface area contributed by atoms with Gasteiger partial charge in [0.15, 0.2) is 0 Å². The van der Waals surface area contributed by atoms with E-state index in [1.54, 1.807) is 0 Å². The maximum atomic E-state index is 9.29. The van der Waals surface area contributed by atoms with Gasteiger partial charge in [-0.2, -0.15) is 0 Å². The Morgan fingerprint density at radius 2 is 2.20 bits per heavy atom. The Kier molecular flexibility index (Phi) is 2.34. The summed E-state index contributed by atoms with van der Waals surface area (Å²) < 4.78 is 12.4. The first kappa shape index (κ1) is 5.07. The van der Waals surface area contributed by atoms with Crippen molar-refractivity contribution in [1.82, 2.24) is 0 Å². The largest absolute Gasteiger partial charge is 0.650 e. The van der Waals surface area contributed by atoms with Crippen LogP contribution in [0.5, 0.6) is 0 Å². The third kappa shape index (κ3) is 4.07. The summed E-state index contributed by atoms with van der Waals surface area (Å²) in [6.45, 7) is 0. The van der Waals surface area contributed by atoms with Crippen molar-refractivity contribution >= 4 is 19.3 Å². The second-order valence-corrected chi connectivity index (χ2v) is 1.91. The second-order valence-electron chi connectivity index (χ2n) is 0.329. The molecule has 0 unspecified atom stereocenters. The highest BCUT2D eigenvalue weighted by molar-refractivity contribution is 6.93. The van der Waals surface area contributed by atoms with Crippen molar-refractivity contribution in [3.63, 3.8) is 0 Å². The zero-order chi connectivity index (χ0) is 4.28. The van der Waals surface area contributed by atoms with E-state index in [9.17, 15) is 4.46 Å². The van der Waals surface area contributed by atoms with Crippen molar-refractivity contribution in [2.24, 2.45) is 0 Å². The molecule has 0 aliphatic heterocycles. The Morgan fingerprint density at radius 3 is 2.20 bits per heavy atom. The van der Waals surface area contributed by atoms with Gasteiger partial charge in [0.1, 0.15) is 0 Å². The molecule has 0 amide bonds. The van der Waals surface area contributed by atoms with Gasteiger partial charge >= 0.3 is 8.24 Å². The predicted molar refractivity (Wildman–Crippen MR) is 16.0 cm³/mol. The van der Waals surface area contributed by atoms with E-state index >= 15 is 0 Å². The van der Waals surface area contributed by atoms with E-state index in [4.69, 9.17) is 5.26 Å². The van der Waals surface area contributed by atoms with Crippen LogP contribution in [0, 0.1) is 0 Å². The van der Waals surface area contributed by atoms with E-state index in [1.807, 2.05) is 0 Å². The van der Waals surface area contributed by atoms with Crippen LogP contribution < -0.4 is 0 Å². The highest BCUT2D eigenvalue weighted by Gasteiger charge is 1.93. The summed E-state index contributed by atoms with van der Waals surface area (Å²) in [5.41, 5.74) is 0. The predicted octanol–water partition coefficient (Wildman–Crippen LogP) is 0.130. The van der Waals surface area contributed by atoms with E-state index in [-0.39, 0.29) is 0 Å². The summed E-state index contributed by atoms with van der Waals surface area (Å²) in [6.07, 6.45) is 0. The minimum absolute atomic E-state index is 2.60. The van der Waals surface area contributed by atoms with Gasteiger partial charge < -0.3 is 9.04 Å². The highest BCUT2D eigenvalue weighted by Crippen LogP contribution is 1.69. The van der Waals surface area contributed by atoms with Crippen molar-refractivity contribution < 1.29 is 14.3 Å². The molecule has 0 aliphatic carbocycles. The fraction of sp³-hybridized carbons (Fsp3) is 0. The highest BCUT2D eigenvalue weighted by atomic mass is 35.6. The van der Waals surface area contributed by atoms with Crippen molar-refractivity contribution in [1.29, 1.82) is 0 Å². The quantitative estimate of drug-likeness (QED) is 0.227. The molecule has 1 N–H and O–H groups in total. The molecule has 0 saturated heterocycles. The molecule has 0 aliphatic rings. The second kappa shape index (κ2) is 2.31. The van der Waals surface area contributed by atoms with E-state index < -0.39 is 8.24 Å². The summed E-state index contributed by atoms with van der Waals surface area (Å²) in [7, 11) is -2.60. The molecule has 0 heterocycles. The minimum Gasteiger partial charge on any atom is -0.350 e. The fourth-order valence-electron chi connectivity index (χ4n) is 0. The van der Waals surface area contributed by atoms with Gasteiger partial charge in [0.05, 0.1) is 0 Å². The molecule has 0 fully saturated rings. The van der Waals surface area contributed by atoms with Gasteiger partial charge in [0.2, 0.25) is 0 Å². The van der Waals surface area contributed by atoms with E-state index in [0.29, 0.717) is 0 Å². The van der Waals surface area contributed by atoms with Crippen LogP contribution >= 0.6 is 11.1 Å². The summed E-state index contributed by atoms with van der Waals surface area (Å²) in [6, 6.07) is 0. The molecule has 5 heavy (non-hydrogen) atoms. The lowest BCUT2D eigenvalue weighted by atomic mass is 15.0. The number of rotatable bonds is 1. The summed E-state index contributed by atoms with van der Waals surface area (Å²) in [5.74, 6) is 0. The van der Waals surface area contributed by atoms with Gasteiger partial charge in [-0.25, -0.2) is 5.26 Å². The normalized spacial score (nSPS) is 6.80. The zero-order valence-electron chi connectivity index (χ0n) is 2.14. The summed E-state index contributed by atoms with van der Waals surface area (Å²) in [5, 5.41) is 7.24. The van der Waals surface area contributed by atoms with Crippen LogP contribution in [-0.2, 0) is 9.04 Å². The Balaban J connectivity index is 2.85.